The number of aliphatic carboxylic acids is 1. The molecule has 1 saturated heterocycles. The van der Waals surface area contributed by atoms with Gasteiger partial charge in [-0.05, 0) is 36.0 Å². The molecule has 1 N–H and O–H groups in total. The fraction of sp³-hybridized carbons (Fsp3) is 0.579. The third kappa shape index (κ3) is 4.98. The van der Waals surface area contributed by atoms with Gasteiger partial charge in [0.05, 0.1) is 13.5 Å². The van der Waals surface area contributed by atoms with Crippen LogP contribution in [0.2, 0.25) is 0 Å². The Bertz CT molecular complexity index is 559. The lowest BCUT2D eigenvalue weighted by Crippen LogP contribution is -2.43. The predicted molar refractivity (Wildman–Crippen MR) is 92.1 cm³/mol. The van der Waals surface area contributed by atoms with Gasteiger partial charge in [0.15, 0.2) is 0 Å². The second-order valence-electron chi connectivity index (χ2n) is 7.02. The minimum atomic E-state index is -0.885. The van der Waals surface area contributed by atoms with Gasteiger partial charge in [0.1, 0.15) is 5.75 Å². The molecule has 5 nitrogen and oxygen atoms in total. The van der Waals surface area contributed by atoms with Gasteiger partial charge in [-0.3, -0.25) is 9.59 Å². The van der Waals surface area contributed by atoms with Gasteiger partial charge in [-0.15, -0.1) is 0 Å². The standard InChI is InChI=1S/C19H27NO4/c1-13-8-14(2)12-20(11-13)18(21)9-16(10-19(22)23)15-4-6-17(24-3)7-5-15/h4-7,13-14,16H,8-12H2,1-3H3,(H,22,23)/t13-,14-,16+/m1/s1. The molecule has 1 aromatic carbocycles. The van der Waals surface area contributed by atoms with Crippen molar-refractivity contribution in [1.82, 2.24) is 4.90 Å². The second-order valence-corrected chi connectivity index (χ2v) is 7.02. The van der Waals surface area contributed by atoms with Gasteiger partial charge in [-0.25, -0.2) is 0 Å². The summed E-state index contributed by atoms with van der Waals surface area (Å²) in [6.07, 6.45) is 1.33. The molecule has 1 aliphatic rings. The van der Waals surface area contributed by atoms with Crippen molar-refractivity contribution in [3.8, 4) is 5.75 Å². The fourth-order valence-corrected chi connectivity index (χ4v) is 3.60. The largest absolute Gasteiger partial charge is 0.497 e. The molecule has 0 radical (unpaired) electrons. The number of rotatable bonds is 6. The SMILES string of the molecule is COc1ccc([C@H](CC(=O)O)CC(=O)N2C[C@H](C)C[C@@H](C)C2)cc1. The van der Waals surface area contributed by atoms with Crippen LogP contribution < -0.4 is 4.74 Å². The number of carboxylic acid groups (broad SMARTS) is 1. The van der Waals surface area contributed by atoms with Crippen molar-refractivity contribution in [2.24, 2.45) is 11.8 Å². The number of carbonyl (C=O) groups excluding carboxylic acids is 1. The van der Waals surface area contributed by atoms with Crippen LogP contribution in [0, 0.1) is 11.8 Å². The summed E-state index contributed by atoms with van der Waals surface area (Å²) in [6.45, 7) is 5.86. The molecule has 1 fully saturated rings. The van der Waals surface area contributed by atoms with Crippen LogP contribution in [0.1, 0.15) is 44.6 Å². The molecule has 0 bridgehead atoms. The molecular weight excluding hydrogens is 306 g/mol. The molecule has 0 saturated carbocycles. The number of methoxy groups -OCH3 is 1. The lowest BCUT2D eigenvalue weighted by molar-refractivity contribution is -0.138. The Morgan fingerprint density at radius 2 is 1.75 bits per heavy atom. The smallest absolute Gasteiger partial charge is 0.303 e. The number of likely N-dealkylation sites (tertiary alicyclic amines) is 1. The van der Waals surface area contributed by atoms with Crippen molar-refractivity contribution in [2.75, 3.05) is 20.2 Å². The zero-order chi connectivity index (χ0) is 17.7. The molecule has 3 atom stereocenters. The molecule has 1 amide bonds. The summed E-state index contributed by atoms with van der Waals surface area (Å²) >= 11 is 0. The van der Waals surface area contributed by atoms with Crippen molar-refractivity contribution < 1.29 is 19.4 Å². The van der Waals surface area contributed by atoms with Crippen molar-refractivity contribution >= 4 is 11.9 Å². The molecule has 1 aromatic rings. The van der Waals surface area contributed by atoms with E-state index in [9.17, 15) is 14.7 Å². The molecule has 0 spiro atoms. The first-order chi connectivity index (χ1) is 11.4. The summed E-state index contributed by atoms with van der Waals surface area (Å²) in [6, 6.07) is 7.31. The molecule has 24 heavy (non-hydrogen) atoms. The van der Waals surface area contributed by atoms with Crippen LogP contribution in [0.4, 0.5) is 0 Å². The number of ether oxygens (including phenoxy) is 1. The number of benzene rings is 1. The van der Waals surface area contributed by atoms with Crippen molar-refractivity contribution in [1.29, 1.82) is 0 Å². The van der Waals surface area contributed by atoms with Crippen LogP contribution in [0.3, 0.4) is 0 Å². The summed E-state index contributed by atoms with van der Waals surface area (Å²) in [5.74, 6) is 0.568. The molecule has 5 heteroatoms. The van der Waals surface area contributed by atoms with Gasteiger partial charge >= 0.3 is 5.97 Å². The van der Waals surface area contributed by atoms with E-state index in [0.29, 0.717) is 11.8 Å². The van der Waals surface area contributed by atoms with E-state index in [0.717, 1.165) is 30.8 Å². The lowest BCUT2D eigenvalue weighted by Gasteiger charge is -2.35. The van der Waals surface area contributed by atoms with Crippen molar-refractivity contribution in [3.63, 3.8) is 0 Å². The molecule has 1 heterocycles. The number of piperidine rings is 1. The van der Waals surface area contributed by atoms with Crippen LogP contribution in [0.5, 0.6) is 5.75 Å². The third-order valence-electron chi connectivity index (χ3n) is 4.65. The maximum Gasteiger partial charge on any atom is 0.303 e. The first kappa shape index (κ1) is 18.3. The quantitative estimate of drug-likeness (QED) is 0.868. The Kier molecular flexibility index (Phi) is 6.23. The number of carboxylic acids is 1. The average Bonchev–Trinajstić information content (AvgIpc) is 2.53. The predicted octanol–water partition coefficient (Wildman–Crippen LogP) is 3.15. The summed E-state index contributed by atoms with van der Waals surface area (Å²) in [5, 5.41) is 9.20. The number of nitrogens with zero attached hydrogens (tertiary/aromatic N) is 1. The Labute approximate surface area is 143 Å². The van der Waals surface area contributed by atoms with Crippen LogP contribution in [-0.4, -0.2) is 42.1 Å². The molecule has 0 unspecified atom stereocenters. The van der Waals surface area contributed by atoms with E-state index in [2.05, 4.69) is 13.8 Å². The van der Waals surface area contributed by atoms with Gasteiger partial charge in [0.2, 0.25) is 5.91 Å². The Morgan fingerprint density at radius 3 is 2.25 bits per heavy atom. The van der Waals surface area contributed by atoms with Gasteiger partial charge < -0.3 is 14.7 Å². The Morgan fingerprint density at radius 1 is 1.17 bits per heavy atom. The normalized spacial score (nSPS) is 22.0. The summed E-state index contributed by atoms with van der Waals surface area (Å²) in [5.41, 5.74) is 0.865. The first-order valence-electron chi connectivity index (χ1n) is 8.52. The molecule has 2 rings (SSSR count). The number of carbonyl (C=O) groups is 2. The molecule has 0 aromatic heterocycles. The fourth-order valence-electron chi connectivity index (χ4n) is 3.60. The number of amides is 1. The number of hydrogen-bond acceptors (Lipinski definition) is 3. The average molecular weight is 333 g/mol. The van der Waals surface area contributed by atoms with E-state index < -0.39 is 5.97 Å². The van der Waals surface area contributed by atoms with E-state index >= 15 is 0 Å². The highest BCUT2D eigenvalue weighted by molar-refractivity contribution is 5.78. The van der Waals surface area contributed by atoms with E-state index in [1.165, 1.54) is 0 Å². The number of hydrogen-bond donors (Lipinski definition) is 1. The zero-order valence-electron chi connectivity index (χ0n) is 14.7. The van der Waals surface area contributed by atoms with Gasteiger partial charge in [-0.1, -0.05) is 26.0 Å². The minimum absolute atomic E-state index is 0.0446. The maximum absolute atomic E-state index is 12.7. The summed E-state index contributed by atoms with van der Waals surface area (Å²) < 4.78 is 5.14. The maximum atomic E-state index is 12.7. The highest BCUT2D eigenvalue weighted by Gasteiger charge is 2.28. The van der Waals surface area contributed by atoms with E-state index in [4.69, 9.17) is 4.74 Å². The van der Waals surface area contributed by atoms with Crippen LogP contribution >= 0.6 is 0 Å². The summed E-state index contributed by atoms with van der Waals surface area (Å²) in [7, 11) is 1.59. The van der Waals surface area contributed by atoms with E-state index in [1.54, 1.807) is 19.2 Å². The van der Waals surface area contributed by atoms with Gasteiger partial charge in [0.25, 0.3) is 0 Å². The third-order valence-corrected chi connectivity index (χ3v) is 4.65. The van der Waals surface area contributed by atoms with Gasteiger partial charge in [0, 0.05) is 25.4 Å². The van der Waals surface area contributed by atoms with E-state index in [-0.39, 0.29) is 24.7 Å². The Balaban J connectivity index is 2.09. The monoisotopic (exact) mass is 333 g/mol. The summed E-state index contributed by atoms with van der Waals surface area (Å²) in [4.78, 5) is 25.8. The Hall–Kier alpha value is -2.04. The second kappa shape index (κ2) is 8.18. The van der Waals surface area contributed by atoms with Crippen molar-refractivity contribution in [3.05, 3.63) is 29.8 Å². The van der Waals surface area contributed by atoms with Crippen molar-refractivity contribution in [2.45, 2.75) is 39.0 Å². The van der Waals surface area contributed by atoms with Gasteiger partial charge in [-0.2, -0.15) is 0 Å². The topological polar surface area (TPSA) is 66.8 Å². The zero-order valence-corrected chi connectivity index (χ0v) is 14.7. The first-order valence-corrected chi connectivity index (χ1v) is 8.52. The van der Waals surface area contributed by atoms with E-state index in [1.807, 2.05) is 17.0 Å². The highest BCUT2D eigenvalue weighted by atomic mass is 16.5. The van der Waals surface area contributed by atoms with Crippen LogP contribution in [-0.2, 0) is 9.59 Å². The molecule has 132 valence electrons. The van der Waals surface area contributed by atoms with Crippen LogP contribution in [0.25, 0.3) is 0 Å². The molecule has 0 aliphatic carbocycles. The molecular formula is C19H27NO4. The lowest BCUT2D eigenvalue weighted by atomic mass is 9.89. The minimum Gasteiger partial charge on any atom is -0.497 e. The molecule has 1 aliphatic heterocycles. The highest BCUT2D eigenvalue weighted by Crippen LogP contribution is 2.28. The van der Waals surface area contributed by atoms with Crippen LogP contribution in [0.15, 0.2) is 24.3 Å².